The Morgan fingerprint density at radius 1 is 1.39 bits per heavy atom. The van der Waals surface area contributed by atoms with E-state index in [-0.39, 0.29) is 21.1 Å². The fourth-order valence-electron chi connectivity index (χ4n) is 1.30. The molecule has 9 heteroatoms. The van der Waals surface area contributed by atoms with E-state index in [1.54, 1.807) is 0 Å². The third-order valence-electron chi connectivity index (χ3n) is 2.05. The summed E-state index contributed by atoms with van der Waals surface area (Å²) in [6, 6.07) is 0.911. The van der Waals surface area contributed by atoms with E-state index in [9.17, 15) is 13.2 Å². The standard InChI is InChI=1S/C9H5BrClF3N4/c10-4-1-5(9(12,13)14)8(16-2-4)18-3-6(11)7(15)17-18/h1-3H,(H2,15,17). The van der Waals surface area contributed by atoms with Crippen LogP contribution in [0.25, 0.3) is 5.82 Å². The Morgan fingerprint density at radius 2 is 2.06 bits per heavy atom. The molecule has 0 fully saturated rings. The van der Waals surface area contributed by atoms with Crippen molar-refractivity contribution in [1.29, 1.82) is 0 Å². The summed E-state index contributed by atoms with van der Waals surface area (Å²) >= 11 is 8.59. The molecular formula is C9H5BrClF3N4. The highest BCUT2D eigenvalue weighted by molar-refractivity contribution is 9.10. The van der Waals surface area contributed by atoms with Crippen molar-refractivity contribution >= 4 is 33.3 Å². The summed E-state index contributed by atoms with van der Waals surface area (Å²) in [5, 5.41) is 3.73. The van der Waals surface area contributed by atoms with Gasteiger partial charge in [0, 0.05) is 10.7 Å². The number of alkyl halides is 3. The van der Waals surface area contributed by atoms with Crippen LogP contribution in [0.4, 0.5) is 19.0 Å². The number of halogens is 5. The minimum Gasteiger partial charge on any atom is -0.381 e. The van der Waals surface area contributed by atoms with Crippen LogP contribution in [0.1, 0.15) is 5.56 Å². The summed E-state index contributed by atoms with van der Waals surface area (Å²) in [5.74, 6) is -0.446. The van der Waals surface area contributed by atoms with Gasteiger partial charge in [-0.05, 0) is 22.0 Å². The minimum atomic E-state index is -4.56. The highest BCUT2D eigenvalue weighted by Gasteiger charge is 2.35. The number of nitrogen functional groups attached to an aromatic ring is 1. The highest BCUT2D eigenvalue weighted by atomic mass is 79.9. The lowest BCUT2D eigenvalue weighted by molar-refractivity contribution is -0.137. The van der Waals surface area contributed by atoms with Crippen molar-refractivity contribution in [2.75, 3.05) is 5.73 Å². The monoisotopic (exact) mass is 340 g/mol. The fourth-order valence-corrected chi connectivity index (χ4v) is 1.76. The first-order valence-electron chi connectivity index (χ1n) is 4.53. The largest absolute Gasteiger partial charge is 0.420 e. The zero-order chi connectivity index (χ0) is 13.5. The molecule has 4 nitrogen and oxygen atoms in total. The minimum absolute atomic E-state index is 0.0606. The van der Waals surface area contributed by atoms with Gasteiger partial charge in [-0.25, -0.2) is 9.67 Å². The number of aromatic nitrogens is 3. The molecule has 0 aliphatic heterocycles. The lowest BCUT2D eigenvalue weighted by Crippen LogP contribution is -2.13. The van der Waals surface area contributed by atoms with Crippen molar-refractivity contribution in [2.45, 2.75) is 6.18 Å². The summed E-state index contributed by atoms with van der Waals surface area (Å²) in [5.41, 5.74) is 4.45. The summed E-state index contributed by atoms with van der Waals surface area (Å²) in [6.07, 6.45) is -2.15. The Labute approximate surface area is 113 Å². The van der Waals surface area contributed by atoms with Crippen LogP contribution in [0, 0.1) is 0 Å². The van der Waals surface area contributed by atoms with Gasteiger partial charge in [-0.2, -0.15) is 13.2 Å². The van der Waals surface area contributed by atoms with E-state index in [1.807, 2.05) is 0 Å². The molecule has 0 aliphatic rings. The molecule has 0 amide bonds. The third kappa shape index (κ3) is 2.44. The maximum absolute atomic E-state index is 12.9. The van der Waals surface area contributed by atoms with Gasteiger partial charge in [0.05, 0.1) is 6.20 Å². The van der Waals surface area contributed by atoms with Crippen LogP contribution >= 0.6 is 27.5 Å². The lowest BCUT2D eigenvalue weighted by Gasteiger charge is -2.11. The van der Waals surface area contributed by atoms with Crippen molar-refractivity contribution in [3.05, 3.63) is 33.5 Å². The average molecular weight is 342 g/mol. The van der Waals surface area contributed by atoms with Gasteiger partial charge in [-0.1, -0.05) is 11.6 Å². The molecular weight excluding hydrogens is 336 g/mol. The van der Waals surface area contributed by atoms with Crippen molar-refractivity contribution < 1.29 is 13.2 Å². The summed E-state index contributed by atoms with van der Waals surface area (Å²) in [6.45, 7) is 0. The number of nitrogens with two attached hydrogens (primary N) is 1. The van der Waals surface area contributed by atoms with E-state index in [2.05, 4.69) is 26.0 Å². The van der Waals surface area contributed by atoms with Gasteiger partial charge in [0.25, 0.3) is 0 Å². The topological polar surface area (TPSA) is 56.7 Å². The van der Waals surface area contributed by atoms with Gasteiger partial charge in [-0.15, -0.1) is 5.10 Å². The van der Waals surface area contributed by atoms with E-state index in [0.717, 1.165) is 10.7 Å². The summed E-state index contributed by atoms with van der Waals surface area (Å²) in [7, 11) is 0. The second-order valence-electron chi connectivity index (χ2n) is 3.33. The van der Waals surface area contributed by atoms with E-state index in [4.69, 9.17) is 17.3 Å². The third-order valence-corrected chi connectivity index (χ3v) is 2.78. The molecule has 18 heavy (non-hydrogen) atoms. The molecule has 2 rings (SSSR count). The number of hydrogen-bond donors (Lipinski definition) is 1. The zero-order valence-electron chi connectivity index (χ0n) is 8.54. The molecule has 0 radical (unpaired) electrons. The number of hydrogen-bond acceptors (Lipinski definition) is 3. The van der Waals surface area contributed by atoms with Crippen LogP contribution in [0.5, 0.6) is 0 Å². The Hall–Kier alpha value is -1.28. The average Bonchev–Trinajstić information content (AvgIpc) is 2.57. The molecule has 96 valence electrons. The molecule has 0 unspecified atom stereocenters. The van der Waals surface area contributed by atoms with Crippen molar-refractivity contribution in [3.8, 4) is 5.82 Å². The number of nitrogens with zero attached hydrogens (tertiary/aromatic N) is 3. The van der Waals surface area contributed by atoms with Gasteiger partial charge in [0.15, 0.2) is 11.6 Å². The first-order valence-corrected chi connectivity index (χ1v) is 5.70. The van der Waals surface area contributed by atoms with Gasteiger partial charge < -0.3 is 5.73 Å². The van der Waals surface area contributed by atoms with Crippen LogP contribution in [0.15, 0.2) is 22.9 Å². The molecule has 0 atom stereocenters. The van der Waals surface area contributed by atoms with E-state index in [0.29, 0.717) is 0 Å². The second-order valence-corrected chi connectivity index (χ2v) is 4.65. The Morgan fingerprint density at radius 3 is 2.56 bits per heavy atom. The molecule has 2 N–H and O–H groups in total. The fraction of sp³-hybridized carbons (Fsp3) is 0.111. The molecule has 0 bridgehead atoms. The maximum Gasteiger partial charge on any atom is 0.420 e. The second kappa shape index (κ2) is 4.43. The smallest absolute Gasteiger partial charge is 0.381 e. The summed E-state index contributed by atoms with van der Waals surface area (Å²) in [4.78, 5) is 3.69. The molecule has 0 saturated carbocycles. The van der Waals surface area contributed by atoms with Crippen LogP contribution < -0.4 is 5.73 Å². The SMILES string of the molecule is Nc1nn(-c2ncc(Br)cc2C(F)(F)F)cc1Cl. The molecule has 0 aliphatic carbocycles. The Balaban J connectivity index is 2.64. The van der Waals surface area contributed by atoms with Gasteiger partial charge in [-0.3, -0.25) is 0 Å². The maximum atomic E-state index is 12.9. The predicted molar refractivity (Wildman–Crippen MR) is 63.5 cm³/mol. The van der Waals surface area contributed by atoms with E-state index >= 15 is 0 Å². The first-order chi connectivity index (χ1) is 8.29. The van der Waals surface area contributed by atoms with Gasteiger partial charge in [0.2, 0.25) is 0 Å². The van der Waals surface area contributed by atoms with E-state index in [1.165, 1.54) is 12.4 Å². The molecule has 0 aromatic carbocycles. The van der Waals surface area contributed by atoms with Gasteiger partial charge in [0.1, 0.15) is 10.6 Å². The highest BCUT2D eigenvalue weighted by Crippen LogP contribution is 2.34. The molecule has 2 aromatic rings. The van der Waals surface area contributed by atoms with Crippen LogP contribution in [-0.2, 0) is 6.18 Å². The number of anilines is 1. The number of pyridine rings is 1. The van der Waals surface area contributed by atoms with E-state index < -0.39 is 11.7 Å². The van der Waals surface area contributed by atoms with Crippen molar-refractivity contribution in [3.63, 3.8) is 0 Å². The summed E-state index contributed by atoms with van der Waals surface area (Å²) < 4.78 is 39.7. The predicted octanol–water partition coefficient (Wildman–Crippen LogP) is 3.28. The molecule has 0 saturated heterocycles. The van der Waals surface area contributed by atoms with Crippen LogP contribution in [0.3, 0.4) is 0 Å². The molecule has 0 spiro atoms. The van der Waals surface area contributed by atoms with Crippen LogP contribution in [0.2, 0.25) is 5.02 Å². The van der Waals surface area contributed by atoms with Crippen LogP contribution in [-0.4, -0.2) is 14.8 Å². The zero-order valence-corrected chi connectivity index (χ0v) is 10.9. The molecule has 2 heterocycles. The lowest BCUT2D eigenvalue weighted by atomic mass is 10.2. The number of rotatable bonds is 1. The van der Waals surface area contributed by atoms with Crippen molar-refractivity contribution in [2.24, 2.45) is 0 Å². The Kier molecular flexibility index (Phi) is 3.24. The quantitative estimate of drug-likeness (QED) is 0.866. The van der Waals surface area contributed by atoms with Gasteiger partial charge >= 0.3 is 6.18 Å². The molecule has 2 aromatic heterocycles. The Bertz CT molecular complexity index is 576. The van der Waals surface area contributed by atoms with Crippen molar-refractivity contribution in [1.82, 2.24) is 14.8 Å². The first kappa shape index (κ1) is 13.2. The normalized spacial score (nSPS) is 11.8.